The second kappa shape index (κ2) is 4.60. The molecule has 0 amide bonds. The summed E-state index contributed by atoms with van der Waals surface area (Å²) in [5, 5.41) is 8.56. The lowest BCUT2D eigenvalue weighted by Gasteiger charge is -2.06. The summed E-state index contributed by atoms with van der Waals surface area (Å²) in [7, 11) is 0. The number of aryl methyl sites for hydroxylation is 2. The number of hydrogen-bond donors (Lipinski definition) is 1. The second-order valence-electron chi connectivity index (χ2n) is 3.41. The Kier molecular flexibility index (Phi) is 3.69. The van der Waals surface area contributed by atoms with E-state index in [0.29, 0.717) is 6.42 Å². The lowest BCUT2D eigenvalue weighted by Crippen LogP contribution is -1.98. The molecule has 0 radical (unpaired) electrons. The summed E-state index contributed by atoms with van der Waals surface area (Å²) >= 11 is 3.46. The molecule has 14 heavy (non-hydrogen) atoms. The molecule has 0 aromatic heterocycles. The third-order valence-electron chi connectivity index (χ3n) is 2.29. The van der Waals surface area contributed by atoms with E-state index in [1.165, 1.54) is 11.1 Å². The van der Waals surface area contributed by atoms with E-state index in [9.17, 15) is 4.79 Å². The second-order valence-corrected chi connectivity index (χ2v) is 4.27. The van der Waals surface area contributed by atoms with Crippen LogP contribution in [0.25, 0.3) is 0 Å². The van der Waals surface area contributed by atoms with Gasteiger partial charge in [0.2, 0.25) is 0 Å². The standard InChI is InChI=1S/C11H13BrO2/c1-7-5-9(3-4-11(13)14)6-10(12)8(7)2/h5-6H,3-4H2,1-2H3,(H,13,14). The quantitative estimate of drug-likeness (QED) is 0.903. The summed E-state index contributed by atoms with van der Waals surface area (Å²) in [5.41, 5.74) is 3.48. The van der Waals surface area contributed by atoms with Crippen molar-refractivity contribution in [1.82, 2.24) is 0 Å². The molecule has 1 rings (SSSR count). The number of aliphatic carboxylic acids is 1. The minimum absolute atomic E-state index is 0.189. The Morgan fingerprint density at radius 1 is 1.43 bits per heavy atom. The third-order valence-corrected chi connectivity index (χ3v) is 3.11. The van der Waals surface area contributed by atoms with Crippen molar-refractivity contribution in [3.8, 4) is 0 Å². The maximum atomic E-state index is 10.4. The highest BCUT2D eigenvalue weighted by atomic mass is 79.9. The normalized spacial score (nSPS) is 10.2. The Morgan fingerprint density at radius 2 is 2.07 bits per heavy atom. The number of carboxylic acids is 1. The van der Waals surface area contributed by atoms with Crippen LogP contribution in [-0.4, -0.2) is 11.1 Å². The predicted octanol–water partition coefficient (Wildman–Crippen LogP) is 3.08. The van der Waals surface area contributed by atoms with Gasteiger partial charge in [-0.1, -0.05) is 22.0 Å². The zero-order valence-corrected chi connectivity index (χ0v) is 9.89. The van der Waals surface area contributed by atoms with Crippen molar-refractivity contribution in [3.05, 3.63) is 33.3 Å². The number of halogens is 1. The molecule has 1 N–H and O–H groups in total. The highest BCUT2D eigenvalue weighted by Gasteiger charge is 2.04. The van der Waals surface area contributed by atoms with Crippen molar-refractivity contribution in [2.75, 3.05) is 0 Å². The van der Waals surface area contributed by atoms with Crippen molar-refractivity contribution in [2.24, 2.45) is 0 Å². The SMILES string of the molecule is Cc1cc(CCC(=O)O)cc(Br)c1C. The van der Waals surface area contributed by atoms with E-state index in [-0.39, 0.29) is 6.42 Å². The van der Waals surface area contributed by atoms with Gasteiger partial charge in [-0.3, -0.25) is 4.79 Å². The van der Waals surface area contributed by atoms with Gasteiger partial charge in [-0.05, 0) is 43.0 Å². The average Bonchev–Trinajstić information content (AvgIpc) is 2.10. The van der Waals surface area contributed by atoms with Crippen molar-refractivity contribution >= 4 is 21.9 Å². The first-order valence-electron chi connectivity index (χ1n) is 4.48. The summed E-state index contributed by atoms with van der Waals surface area (Å²) in [6, 6.07) is 4.04. The smallest absolute Gasteiger partial charge is 0.303 e. The molecule has 0 bridgehead atoms. The monoisotopic (exact) mass is 256 g/mol. The number of rotatable bonds is 3. The van der Waals surface area contributed by atoms with Gasteiger partial charge in [0, 0.05) is 10.9 Å². The van der Waals surface area contributed by atoms with Gasteiger partial charge >= 0.3 is 5.97 Å². The van der Waals surface area contributed by atoms with Crippen LogP contribution in [0.5, 0.6) is 0 Å². The third kappa shape index (κ3) is 2.84. The molecule has 1 aromatic rings. The molecule has 76 valence electrons. The van der Waals surface area contributed by atoms with Crippen LogP contribution in [0.15, 0.2) is 16.6 Å². The number of benzene rings is 1. The topological polar surface area (TPSA) is 37.3 Å². The number of hydrogen-bond acceptors (Lipinski definition) is 1. The first kappa shape index (κ1) is 11.2. The van der Waals surface area contributed by atoms with Gasteiger partial charge in [0.05, 0.1) is 0 Å². The van der Waals surface area contributed by atoms with Crippen LogP contribution in [0.1, 0.15) is 23.1 Å². The summed E-state index contributed by atoms with van der Waals surface area (Å²) < 4.78 is 1.05. The van der Waals surface area contributed by atoms with Gasteiger partial charge in [0.1, 0.15) is 0 Å². The highest BCUT2D eigenvalue weighted by molar-refractivity contribution is 9.10. The van der Waals surface area contributed by atoms with Crippen LogP contribution in [0.4, 0.5) is 0 Å². The van der Waals surface area contributed by atoms with E-state index < -0.39 is 5.97 Å². The van der Waals surface area contributed by atoms with Gasteiger partial charge in [-0.25, -0.2) is 0 Å². The van der Waals surface area contributed by atoms with Crippen LogP contribution in [-0.2, 0) is 11.2 Å². The van der Waals surface area contributed by atoms with Crippen LogP contribution in [0.3, 0.4) is 0 Å². The Morgan fingerprint density at radius 3 is 2.57 bits per heavy atom. The molecule has 3 heteroatoms. The molecule has 0 aliphatic heterocycles. The fraction of sp³-hybridized carbons (Fsp3) is 0.364. The van der Waals surface area contributed by atoms with Crippen LogP contribution < -0.4 is 0 Å². The molecule has 0 aliphatic rings. The van der Waals surface area contributed by atoms with Gasteiger partial charge in [-0.15, -0.1) is 0 Å². The number of carbonyl (C=O) groups is 1. The molecule has 0 aliphatic carbocycles. The minimum atomic E-state index is -0.751. The molecule has 0 saturated carbocycles. The molecule has 2 nitrogen and oxygen atoms in total. The molecule has 0 spiro atoms. The van der Waals surface area contributed by atoms with Crippen molar-refractivity contribution in [1.29, 1.82) is 0 Å². The molecule has 0 fully saturated rings. The van der Waals surface area contributed by atoms with E-state index in [1.54, 1.807) is 0 Å². The molecule has 0 atom stereocenters. The zero-order valence-electron chi connectivity index (χ0n) is 8.30. The van der Waals surface area contributed by atoms with Crippen molar-refractivity contribution in [2.45, 2.75) is 26.7 Å². The van der Waals surface area contributed by atoms with Gasteiger partial charge in [0.15, 0.2) is 0 Å². The molecule has 0 saturated heterocycles. The molecular formula is C11H13BrO2. The Labute approximate surface area is 92.1 Å². The van der Waals surface area contributed by atoms with Crippen LogP contribution in [0, 0.1) is 13.8 Å². The summed E-state index contributed by atoms with van der Waals surface area (Å²) in [6.07, 6.45) is 0.782. The highest BCUT2D eigenvalue weighted by Crippen LogP contribution is 2.22. The Balaban J connectivity index is 2.84. The first-order chi connectivity index (χ1) is 6.50. The fourth-order valence-electron chi connectivity index (χ4n) is 1.28. The van der Waals surface area contributed by atoms with E-state index in [0.717, 1.165) is 10.0 Å². The van der Waals surface area contributed by atoms with Crippen LogP contribution in [0.2, 0.25) is 0 Å². The van der Waals surface area contributed by atoms with Gasteiger partial charge in [0.25, 0.3) is 0 Å². The van der Waals surface area contributed by atoms with E-state index in [4.69, 9.17) is 5.11 Å². The molecule has 0 unspecified atom stereocenters. The zero-order chi connectivity index (χ0) is 10.7. The largest absolute Gasteiger partial charge is 0.481 e. The lowest BCUT2D eigenvalue weighted by molar-refractivity contribution is -0.136. The Hall–Kier alpha value is -0.830. The maximum absolute atomic E-state index is 10.4. The molecule has 1 aromatic carbocycles. The summed E-state index contributed by atoms with van der Waals surface area (Å²) in [4.78, 5) is 10.4. The van der Waals surface area contributed by atoms with E-state index in [2.05, 4.69) is 15.9 Å². The Bertz CT molecular complexity index is 335. The minimum Gasteiger partial charge on any atom is -0.481 e. The fourth-order valence-corrected chi connectivity index (χ4v) is 1.89. The molecule has 0 heterocycles. The van der Waals surface area contributed by atoms with E-state index in [1.807, 2.05) is 26.0 Å². The van der Waals surface area contributed by atoms with Gasteiger partial charge < -0.3 is 5.11 Å². The van der Waals surface area contributed by atoms with Crippen molar-refractivity contribution in [3.63, 3.8) is 0 Å². The lowest BCUT2D eigenvalue weighted by atomic mass is 10.0. The summed E-state index contributed by atoms with van der Waals surface area (Å²) in [5.74, 6) is -0.751. The first-order valence-corrected chi connectivity index (χ1v) is 5.27. The van der Waals surface area contributed by atoms with Crippen molar-refractivity contribution < 1.29 is 9.90 Å². The average molecular weight is 257 g/mol. The summed E-state index contributed by atoms with van der Waals surface area (Å²) in [6.45, 7) is 4.07. The van der Waals surface area contributed by atoms with Crippen LogP contribution >= 0.6 is 15.9 Å². The number of carboxylic acid groups (broad SMARTS) is 1. The van der Waals surface area contributed by atoms with Gasteiger partial charge in [-0.2, -0.15) is 0 Å². The maximum Gasteiger partial charge on any atom is 0.303 e. The molecular weight excluding hydrogens is 244 g/mol. The van der Waals surface area contributed by atoms with E-state index >= 15 is 0 Å². The predicted molar refractivity (Wildman–Crippen MR) is 59.6 cm³/mol.